The summed E-state index contributed by atoms with van der Waals surface area (Å²) in [5.41, 5.74) is 13.5. The smallest absolute Gasteiger partial charge is 0.153 e. The molecule has 19 nitrogen and oxygen atoms in total. The van der Waals surface area contributed by atoms with Crippen LogP contribution in [0, 0.1) is 28.8 Å². The van der Waals surface area contributed by atoms with Crippen LogP contribution in [-0.2, 0) is 27.6 Å². The molecule has 0 amide bonds. The molecule has 15 rings (SSSR count). The van der Waals surface area contributed by atoms with Crippen LogP contribution in [0.1, 0.15) is 98.7 Å². The fourth-order valence-corrected chi connectivity index (χ4v) is 12.9. The van der Waals surface area contributed by atoms with Gasteiger partial charge >= 0.3 is 0 Å². The van der Waals surface area contributed by atoms with Crippen molar-refractivity contribution < 1.29 is 17.9 Å². The summed E-state index contributed by atoms with van der Waals surface area (Å²) in [4.78, 5) is 14.2. The van der Waals surface area contributed by atoms with Gasteiger partial charge in [-0.2, -0.15) is 41.0 Å². The number of fused-ring (bicyclic) bond motifs is 6. The van der Waals surface area contributed by atoms with Crippen molar-refractivity contribution in [1.82, 2.24) is 85.0 Å². The first-order valence-corrected chi connectivity index (χ1v) is 31.1. The third kappa shape index (κ3) is 12.3. The van der Waals surface area contributed by atoms with Gasteiger partial charge in [0, 0.05) is 95.9 Å². The van der Waals surface area contributed by atoms with Crippen molar-refractivity contribution in [3.8, 4) is 45.6 Å². The Bertz CT molecular complexity index is 4610. The van der Waals surface area contributed by atoms with Crippen molar-refractivity contribution in [2.24, 2.45) is 21.1 Å². The average Bonchev–Trinajstić information content (AvgIpc) is 1.99. The SMILES string of the molecule is CCN1CCC(c2cc3c(F)cc(-c4cc(OC)c5nn(C)cc5n4)cc3nn2)CC1.CCc1cc(-c2cc(F)c3cc(C4CCN(CC)CC4)nnc3c2)nc2cn(C)nc12.Cn1cc2cc(-c3cc4c(F)cc(C5C=CNCC5)cc4nn3)cc(C#N)c2n1. The van der Waals surface area contributed by atoms with Crippen molar-refractivity contribution in [1.29, 1.82) is 5.26 Å². The Morgan fingerprint density at radius 1 is 0.538 bits per heavy atom. The molecule has 0 saturated carbocycles. The highest BCUT2D eigenvalue weighted by atomic mass is 19.1. The van der Waals surface area contributed by atoms with E-state index < -0.39 is 0 Å². The number of benzene rings is 4. The number of aryl methyl sites for hydroxylation is 4. The van der Waals surface area contributed by atoms with Crippen molar-refractivity contribution >= 4 is 65.7 Å². The van der Waals surface area contributed by atoms with Gasteiger partial charge in [-0.15, -0.1) is 10.2 Å². The lowest BCUT2D eigenvalue weighted by atomic mass is 9.92. The Balaban J connectivity index is 0.000000125. The summed E-state index contributed by atoms with van der Waals surface area (Å²) in [6, 6.07) is 25.3. The number of methoxy groups -OCH3 is 1. The van der Waals surface area contributed by atoms with E-state index in [1.165, 1.54) is 6.07 Å². The van der Waals surface area contributed by atoms with Crippen LogP contribution in [0.4, 0.5) is 13.2 Å². The second-order valence-corrected chi connectivity index (χ2v) is 23.8. The van der Waals surface area contributed by atoms with Crippen LogP contribution in [-0.4, -0.2) is 133 Å². The molecule has 1 unspecified atom stereocenters. The van der Waals surface area contributed by atoms with E-state index in [0.717, 1.165) is 129 Å². The number of pyridine rings is 2. The average molecular weight is 1220 g/mol. The first-order valence-electron chi connectivity index (χ1n) is 31.1. The van der Waals surface area contributed by atoms with Crippen molar-refractivity contribution in [2.75, 3.05) is 52.9 Å². The molecular weight excluding hydrogens is 1150 g/mol. The maximum atomic E-state index is 15.2. The number of rotatable bonds is 10. The van der Waals surface area contributed by atoms with Crippen LogP contribution in [0.25, 0.3) is 99.5 Å². The summed E-state index contributed by atoms with van der Waals surface area (Å²) in [5, 5.41) is 54.4. The van der Waals surface area contributed by atoms with Gasteiger partial charge in [-0.3, -0.25) is 14.0 Å². The quantitative estimate of drug-likeness (QED) is 0.135. The zero-order valence-electron chi connectivity index (χ0n) is 52.0. The Hall–Kier alpha value is -9.85. The molecule has 3 aliphatic heterocycles. The number of hydrogen-bond acceptors (Lipinski definition) is 16. The lowest BCUT2D eigenvalue weighted by Crippen LogP contribution is -2.32. The molecule has 2 fully saturated rings. The van der Waals surface area contributed by atoms with E-state index in [-0.39, 0.29) is 23.4 Å². The summed E-state index contributed by atoms with van der Waals surface area (Å²) >= 11 is 0. The molecule has 0 spiro atoms. The third-order valence-corrected chi connectivity index (χ3v) is 18.0. The number of piperidine rings is 2. The molecule has 4 aromatic carbocycles. The molecule has 462 valence electrons. The highest BCUT2D eigenvalue weighted by Crippen LogP contribution is 2.37. The predicted molar refractivity (Wildman–Crippen MR) is 347 cm³/mol. The maximum absolute atomic E-state index is 15.2. The Morgan fingerprint density at radius 2 is 1.07 bits per heavy atom. The number of ether oxygens (including phenoxy) is 1. The van der Waals surface area contributed by atoms with Crippen molar-refractivity contribution in [3.63, 3.8) is 0 Å². The van der Waals surface area contributed by atoms with Crippen molar-refractivity contribution in [3.05, 3.63) is 155 Å². The van der Waals surface area contributed by atoms with E-state index in [9.17, 15) is 9.65 Å². The monoisotopic (exact) mass is 1220 g/mol. The summed E-state index contributed by atoms with van der Waals surface area (Å²) < 4.78 is 55.8. The first-order chi connectivity index (χ1) is 44.2. The van der Waals surface area contributed by atoms with Crippen molar-refractivity contribution in [2.45, 2.75) is 77.0 Å². The van der Waals surface area contributed by atoms with Crippen LogP contribution in [0.3, 0.4) is 0 Å². The van der Waals surface area contributed by atoms with Crippen LogP contribution in [0.15, 0.2) is 110 Å². The van der Waals surface area contributed by atoms with Gasteiger partial charge in [-0.05, 0) is 168 Å². The third-order valence-electron chi connectivity index (χ3n) is 18.0. The zero-order chi connectivity index (χ0) is 63.0. The molecule has 91 heavy (non-hydrogen) atoms. The minimum atomic E-state index is -0.318. The van der Waals surface area contributed by atoms with E-state index in [1.807, 2.05) is 87.4 Å². The molecule has 1 atom stereocenters. The Labute approximate surface area is 523 Å². The summed E-state index contributed by atoms with van der Waals surface area (Å²) in [5.74, 6) is 0.535. The number of nitriles is 1. The predicted octanol–water partition coefficient (Wildman–Crippen LogP) is 12.2. The minimum Gasteiger partial charge on any atom is -0.494 e. The van der Waals surface area contributed by atoms with Gasteiger partial charge in [0.05, 0.1) is 70.1 Å². The topological polar surface area (TPSA) is 208 Å². The highest BCUT2D eigenvalue weighted by Gasteiger charge is 2.25. The molecule has 22 heteroatoms. The van der Waals surface area contributed by atoms with Gasteiger partial charge in [-0.1, -0.05) is 26.8 Å². The number of allylic oxidation sites excluding steroid dienone is 1. The molecular formula is C69H69F3N18O. The molecule has 3 aliphatic rings. The number of likely N-dealkylation sites (tertiary alicyclic amines) is 2. The molecule has 11 heterocycles. The van der Waals surface area contributed by atoms with E-state index in [2.05, 4.69) is 92.8 Å². The molecule has 0 bridgehead atoms. The summed E-state index contributed by atoms with van der Waals surface area (Å²) in [7, 11) is 7.11. The standard InChI is InChI=1S/C24H27FN6.C23H25FN6O.C22H17FN6/c1-4-15-11-20(26-23-14-30(3)29-24(15)23)17-10-19(25)18-13-21(27-28-22(18)12-17)16-6-8-31(5-2)9-7-16;1-4-30-7-5-14(6-8-30)19-11-16-17(24)9-15(10-20(16)27-26-19)18-12-22(31-3)23-21(25-18)13-29(2)28-23;1-29-12-17-7-15(6-16(11-24)22(17)28-29)20-10-18-19(23)8-14(9-21(18)27-26-20)13-2-4-25-5-3-13/h10-14,16H,4-9H2,1-3H3;9-14H,4-8H2,1-3H3;2,4,6-10,12-13,25H,3,5H2,1H3. The van der Waals surface area contributed by atoms with Gasteiger partial charge in [0.25, 0.3) is 0 Å². The summed E-state index contributed by atoms with van der Waals surface area (Å²) in [6.07, 6.45) is 15.4. The van der Waals surface area contributed by atoms with Crippen LogP contribution >= 0.6 is 0 Å². The van der Waals surface area contributed by atoms with Crippen LogP contribution < -0.4 is 10.1 Å². The van der Waals surface area contributed by atoms with Gasteiger partial charge in [0.1, 0.15) is 45.6 Å². The fourth-order valence-electron chi connectivity index (χ4n) is 12.9. The highest BCUT2D eigenvalue weighted by molar-refractivity contribution is 5.92. The molecule has 0 aliphatic carbocycles. The lowest BCUT2D eigenvalue weighted by Gasteiger charge is -2.30. The minimum absolute atomic E-state index is 0.169. The lowest BCUT2D eigenvalue weighted by molar-refractivity contribution is 0.220. The number of aromatic nitrogens is 14. The summed E-state index contributed by atoms with van der Waals surface area (Å²) in [6.45, 7) is 13.7. The fraction of sp³-hybridized carbons (Fsp3) is 0.333. The van der Waals surface area contributed by atoms with E-state index in [0.29, 0.717) is 100 Å². The Morgan fingerprint density at radius 3 is 1.64 bits per heavy atom. The number of nitrogens with zero attached hydrogens (tertiary/aromatic N) is 17. The van der Waals surface area contributed by atoms with Crippen LogP contribution in [0.2, 0.25) is 0 Å². The largest absolute Gasteiger partial charge is 0.494 e. The second kappa shape index (κ2) is 25.6. The van der Waals surface area contributed by atoms with E-state index in [4.69, 9.17) is 9.72 Å². The number of nitrogens with one attached hydrogen (secondary N) is 1. The molecule has 0 radical (unpaired) electrons. The van der Waals surface area contributed by atoms with Gasteiger partial charge in [-0.25, -0.2) is 23.1 Å². The van der Waals surface area contributed by atoms with Gasteiger partial charge in [0.2, 0.25) is 0 Å². The van der Waals surface area contributed by atoms with Gasteiger partial charge < -0.3 is 19.9 Å². The Kier molecular flexibility index (Phi) is 16.9. The first kappa shape index (κ1) is 60.1. The number of hydrogen-bond donors (Lipinski definition) is 1. The molecule has 2 saturated heterocycles. The normalized spacial score (nSPS) is 15.9. The van der Waals surface area contributed by atoms with Gasteiger partial charge in [0.15, 0.2) is 11.3 Å². The van der Waals surface area contributed by atoms with E-state index >= 15 is 8.78 Å². The van der Waals surface area contributed by atoms with E-state index in [1.54, 1.807) is 58.5 Å². The van der Waals surface area contributed by atoms with Crippen LogP contribution in [0.5, 0.6) is 5.75 Å². The zero-order valence-corrected chi connectivity index (χ0v) is 52.0. The molecule has 1 N–H and O–H groups in total. The second-order valence-electron chi connectivity index (χ2n) is 23.8. The molecule has 12 aromatic rings. The maximum Gasteiger partial charge on any atom is 0.153 e. The molecule has 8 aromatic heterocycles. The number of halogens is 3.